The van der Waals surface area contributed by atoms with Crippen molar-refractivity contribution >= 4 is 28.8 Å². The molecule has 156 valence electrons. The van der Waals surface area contributed by atoms with Gasteiger partial charge in [-0.15, -0.1) is 11.3 Å². The molecule has 0 aliphatic heterocycles. The Hall–Kier alpha value is -3.10. The van der Waals surface area contributed by atoms with E-state index in [-0.39, 0.29) is 36.8 Å². The van der Waals surface area contributed by atoms with Crippen molar-refractivity contribution in [2.75, 3.05) is 25.5 Å². The SMILES string of the molecule is CN(CC(=O)Nc1ccc(F)cc1)C(=O)CNC(c1ccc(F)cc1)c1cccs1. The van der Waals surface area contributed by atoms with Gasteiger partial charge in [-0.1, -0.05) is 18.2 Å². The number of thiophene rings is 1. The normalized spacial score (nSPS) is 11.7. The van der Waals surface area contributed by atoms with Gasteiger partial charge in [0.25, 0.3) is 0 Å². The van der Waals surface area contributed by atoms with Crippen LogP contribution in [0.5, 0.6) is 0 Å². The first-order valence-corrected chi connectivity index (χ1v) is 10.1. The van der Waals surface area contributed by atoms with Gasteiger partial charge in [0, 0.05) is 17.6 Å². The number of carbonyl (C=O) groups is 2. The summed E-state index contributed by atoms with van der Waals surface area (Å²) in [6.07, 6.45) is 0. The molecule has 0 saturated heterocycles. The van der Waals surface area contributed by atoms with Crippen LogP contribution in [0.25, 0.3) is 0 Å². The van der Waals surface area contributed by atoms with Crippen molar-refractivity contribution in [3.63, 3.8) is 0 Å². The molecule has 0 aliphatic rings. The Balaban J connectivity index is 1.57. The van der Waals surface area contributed by atoms with Crippen LogP contribution in [0.15, 0.2) is 66.0 Å². The van der Waals surface area contributed by atoms with E-state index >= 15 is 0 Å². The van der Waals surface area contributed by atoms with Crippen LogP contribution in [0, 0.1) is 11.6 Å². The van der Waals surface area contributed by atoms with E-state index in [0.717, 1.165) is 10.4 Å². The third-order valence-electron chi connectivity index (χ3n) is 4.42. The fraction of sp³-hybridized carbons (Fsp3) is 0.182. The van der Waals surface area contributed by atoms with Crippen LogP contribution in [-0.2, 0) is 9.59 Å². The largest absolute Gasteiger partial charge is 0.335 e. The van der Waals surface area contributed by atoms with Gasteiger partial charge in [-0.05, 0) is 53.4 Å². The summed E-state index contributed by atoms with van der Waals surface area (Å²) in [5.41, 5.74) is 1.29. The maximum absolute atomic E-state index is 13.3. The van der Waals surface area contributed by atoms with Crippen molar-refractivity contribution in [3.8, 4) is 0 Å². The maximum atomic E-state index is 13.3. The zero-order valence-electron chi connectivity index (χ0n) is 16.3. The molecule has 1 heterocycles. The molecule has 0 spiro atoms. The minimum Gasteiger partial charge on any atom is -0.335 e. The van der Waals surface area contributed by atoms with Gasteiger partial charge in [0.2, 0.25) is 11.8 Å². The molecule has 3 aromatic rings. The quantitative estimate of drug-likeness (QED) is 0.573. The highest BCUT2D eigenvalue weighted by molar-refractivity contribution is 7.10. The number of nitrogens with zero attached hydrogens (tertiary/aromatic N) is 1. The average Bonchev–Trinajstić information content (AvgIpc) is 3.25. The predicted octanol–water partition coefficient (Wildman–Crippen LogP) is 3.80. The Morgan fingerprint density at radius 3 is 2.23 bits per heavy atom. The number of amides is 2. The fourth-order valence-electron chi connectivity index (χ4n) is 2.86. The average molecular weight is 429 g/mol. The first-order chi connectivity index (χ1) is 14.4. The van der Waals surface area contributed by atoms with Gasteiger partial charge in [0.15, 0.2) is 0 Å². The van der Waals surface area contributed by atoms with Gasteiger partial charge in [0.05, 0.1) is 19.1 Å². The van der Waals surface area contributed by atoms with Gasteiger partial charge >= 0.3 is 0 Å². The van der Waals surface area contributed by atoms with Crippen molar-refractivity contribution < 1.29 is 18.4 Å². The molecule has 0 radical (unpaired) electrons. The summed E-state index contributed by atoms with van der Waals surface area (Å²) >= 11 is 1.53. The molecule has 1 atom stereocenters. The molecule has 1 aromatic heterocycles. The van der Waals surface area contributed by atoms with Crippen molar-refractivity contribution in [1.29, 1.82) is 0 Å². The Morgan fingerprint density at radius 2 is 1.63 bits per heavy atom. The van der Waals surface area contributed by atoms with Crippen LogP contribution < -0.4 is 10.6 Å². The van der Waals surface area contributed by atoms with E-state index < -0.39 is 5.82 Å². The van der Waals surface area contributed by atoms with E-state index in [1.54, 1.807) is 12.1 Å². The molecule has 0 saturated carbocycles. The lowest BCUT2D eigenvalue weighted by molar-refractivity contribution is -0.132. The van der Waals surface area contributed by atoms with Crippen molar-refractivity contribution in [2.45, 2.75) is 6.04 Å². The van der Waals surface area contributed by atoms with Gasteiger partial charge < -0.3 is 10.2 Å². The minimum atomic E-state index is -0.396. The van der Waals surface area contributed by atoms with Crippen LogP contribution in [0.2, 0.25) is 0 Å². The number of likely N-dealkylation sites (N-methyl/N-ethyl adjacent to an activating group) is 1. The zero-order valence-corrected chi connectivity index (χ0v) is 17.1. The number of hydrogen-bond acceptors (Lipinski definition) is 4. The summed E-state index contributed by atoms with van der Waals surface area (Å²) in [6.45, 7) is -0.140. The topological polar surface area (TPSA) is 61.4 Å². The third kappa shape index (κ3) is 5.95. The standard InChI is InChI=1S/C22H21F2N3O2S/c1-27(14-20(28)26-18-10-8-17(24)9-11-18)21(29)13-25-22(19-3-2-12-30-19)15-4-6-16(23)7-5-15/h2-12,22,25H,13-14H2,1H3,(H,26,28). The molecular weight excluding hydrogens is 408 g/mol. The van der Waals surface area contributed by atoms with Crippen LogP contribution >= 0.6 is 11.3 Å². The number of rotatable bonds is 8. The Labute approximate surface area is 177 Å². The lowest BCUT2D eigenvalue weighted by Crippen LogP contribution is -2.41. The first-order valence-electron chi connectivity index (χ1n) is 9.24. The molecule has 0 bridgehead atoms. The Bertz CT molecular complexity index is 977. The third-order valence-corrected chi connectivity index (χ3v) is 5.36. The summed E-state index contributed by atoms with van der Waals surface area (Å²) in [5, 5.41) is 7.74. The van der Waals surface area contributed by atoms with Crippen molar-refractivity contribution in [3.05, 3.63) is 88.1 Å². The number of carbonyl (C=O) groups excluding carboxylic acids is 2. The fourth-order valence-corrected chi connectivity index (χ4v) is 3.68. The molecule has 5 nitrogen and oxygen atoms in total. The second kappa shape index (κ2) is 10.1. The van der Waals surface area contributed by atoms with Crippen LogP contribution in [-0.4, -0.2) is 36.9 Å². The van der Waals surface area contributed by atoms with Crippen molar-refractivity contribution in [1.82, 2.24) is 10.2 Å². The Morgan fingerprint density at radius 1 is 1.00 bits per heavy atom. The smallest absolute Gasteiger partial charge is 0.243 e. The zero-order chi connectivity index (χ0) is 21.5. The number of anilines is 1. The summed E-state index contributed by atoms with van der Waals surface area (Å²) in [7, 11) is 1.53. The summed E-state index contributed by atoms with van der Waals surface area (Å²) in [5.74, 6) is -1.38. The molecular formula is C22H21F2N3O2S. The Kier molecular flexibility index (Phi) is 7.26. The number of hydrogen-bond donors (Lipinski definition) is 2. The number of halogens is 2. The summed E-state index contributed by atoms with van der Waals surface area (Å²) in [6, 6.07) is 15.1. The van der Waals surface area contributed by atoms with Gasteiger partial charge in [-0.25, -0.2) is 8.78 Å². The van der Waals surface area contributed by atoms with E-state index in [4.69, 9.17) is 0 Å². The van der Waals surface area contributed by atoms with Crippen LogP contribution in [0.1, 0.15) is 16.5 Å². The minimum absolute atomic E-state index is 0.000269. The summed E-state index contributed by atoms with van der Waals surface area (Å²) < 4.78 is 26.2. The van der Waals surface area contributed by atoms with Gasteiger partial charge in [-0.2, -0.15) is 0 Å². The van der Waals surface area contributed by atoms with E-state index in [1.165, 1.54) is 59.7 Å². The van der Waals surface area contributed by atoms with E-state index in [1.807, 2.05) is 17.5 Å². The van der Waals surface area contributed by atoms with Crippen LogP contribution in [0.4, 0.5) is 14.5 Å². The summed E-state index contributed by atoms with van der Waals surface area (Å²) in [4.78, 5) is 26.9. The van der Waals surface area contributed by atoms with E-state index in [0.29, 0.717) is 5.69 Å². The first kappa shape index (κ1) is 21.6. The van der Waals surface area contributed by atoms with Crippen molar-refractivity contribution in [2.24, 2.45) is 0 Å². The maximum Gasteiger partial charge on any atom is 0.243 e. The molecule has 0 aliphatic carbocycles. The molecule has 8 heteroatoms. The van der Waals surface area contributed by atoms with Gasteiger partial charge in [0.1, 0.15) is 11.6 Å². The molecule has 30 heavy (non-hydrogen) atoms. The predicted molar refractivity (Wildman–Crippen MR) is 113 cm³/mol. The molecule has 2 N–H and O–H groups in total. The van der Waals surface area contributed by atoms with E-state index in [9.17, 15) is 18.4 Å². The van der Waals surface area contributed by atoms with Gasteiger partial charge in [-0.3, -0.25) is 14.9 Å². The monoisotopic (exact) mass is 429 g/mol. The molecule has 3 rings (SSSR count). The molecule has 1 unspecified atom stereocenters. The molecule has 2 amide bonds. The molecule has 0 fully saturated rings. The number of nitrogens with one attached hydrogen (secondary N) is 2. The van der Waals surface area contributed by atoms with Crippen LogP contribution in [0.3, 0.4) is 0 Å². The second-order valence-corrected chi connectivity index (χ2v) is 7.67. The molecule has 2 aromatic carbocycles. The number of benzene rings is 2. The highest BCUT2D eigenvalue weighted by atomic mass is 32.1. The second-order valence-electron chi connectivity index (χ2n) is 6.69. The highest BCUT2D eigenvalue weighted by Crippen LogP contribution is 2.26. The highest BCUT2D eigenvalue weighted by Gasteiger charge is 2.19. The van der Waals surface area contributed by atoms with E-state index in [2.05, 4.69) is 10.6 Å². The lowest BCUT2D eigenvalue weighted by atomic mass is 10.1. The lowest BCUT2D eigenvalue weighted by Gasteiger charge is -2.21.